The molecule has 0 aromatic heterocycles. The molecule has 0 aliphatic carbocycles. The van der Waals surface area contributed by atoms with Gasteiger partial charge >= 0.3 is 6.09 Å². The van der Waals surface area contributed by atoms with E-state index in [1.54, 1.807) is 7.05 Å². The highest BCUT2D eigenvalue weighted by Gasteiger charge is 2.19. The molecule has 0 bridgehead atoms. The predicted molar refractivity (Wildman–Crippen MR) is 129 cm³/mol. The number of rotatable bonds is 20. The van der Waals surface area contributed by atoms with Gasteiger partial charge in [-0.2, -0.15) is 0 Å². The van der Waals surface area contributed by atoms with Gasteiger partial charge < -0.3 is 38.1 Å². The van der Waals surface area contributed by atoms with Crippen molar-refractivity contribution >= 4 is 6.09 Å². The Bertz CT molecular complexity index is 609. The zero-order chi connectivity index (χ0) is 24.9. The Hall–Kier alpha value is -1.75. The number of hydrogen-bond donors (Lipinski definition) is 0. The molecular weight excluding hydrogens is 442 g/mol. The van der Waals surface area contributed by atoms with Gasteiger partial charge in [-0.25, -0.2) is 4.79 Å². The Labute approximate surface area is 204 Å². The van der Waals surface area contributed by atoms with Gasteiger partial charge in [-0.1, -0.05) is 30.3 Å². The smallest absolute Gasteiger partial charge is 0.410 e. The van der Waals surface area contributed by atoms with Crippen LogP contribution in [0.15, 0.2) is 30.3 Å². The fourth-order valence-corrected chi connectivity index (χ4v) is 2.50. The Morgan fingerprint density at radius 2 is 1.09 bits per heavy atom. The van der Waals surface area contributed by atoms with Crippen molar-refractivity contribution in [3.63, 3.8) is 0 Å². The number of nitrogens with zero attached hydrogens (tertiary/aromatic N) is 1. The highest BCUT2D eigenvalue weighted by atomic mass is 16.6. The first-order valence-corrected chi connectivity index (χ1v) is 11.8. The van der Waals surface area contributed by atoms with Crippen molar-refractivity contribution in [3.05, 3.63) is 35.9 Å². The SMILES string of the molecule is CN(CCOCCOCCOCCOCCOCCOCc1ccccc1)C(=O)OC(C)(C)C. The lowest BCUT2D eigenvalue weighted by Crippen LogP contribution is -2.36. The van der Waals surface area contributed by atoms with E-state index < -0.39 is 5.60 Å². The summed E-state index contributed by atoms with van der Waals surface area (Å²) in [6, 6.07) is 10.1. The molecule has 1 amide bonds. The first kappa shape index (κ1) is 30.3. The highest BCUT2D eigenvalue weighted by molar-refractivity contribution is 5.67. The van der Waals surface area contributed by atoms with Gasteiger partial charge in [0.2, 0.25) is 0 Å². The molecule has 9 nitrogen and oxygen atoms in total. The van der Waals surface area contributed by atoms with E-state index in [0.717, 1.165) is 5.56 Å². The third-order valence-corrected chi connectivity index (χ3v) is 4.25. The standard InChI is InChI=1S/C25H43NO8/c1-25(2,3)34-24(27)26(4)10-11-28-12-13-29-14-15-30-16-17-31-18-19-32-20-21-33-22-23-8-6-5-7-9-23/h5-9H,10-22H2,1-4H3. The van der Waals surface area contributed by atoms with E-state index in [1.165, 1.54) is 4.90 Å². The fraction of sp³-hybridized carbons (Fsp3) is 0.720. The van der Waals surface area contributed by atoms with Crippen molar-refractivity contribution in [2.24, 2.45) is 0 Å². The Morgan fingerprint density at radius 3 is 1.53 bits per heavy atom. The van der Waals surface area contributed by atoms with E-state index in [9.17, 15) is 4.79 Å². The van der Waals surface area contributed by atoms with Crippen LogP contribution in [-0.2, 0) is 39.8 Å². The number of ether oxygens (including phenoxy) is 7. The maximum atomic E-state index is 11.8. The molecule has 1 rings (SSSR count). The first-order valence-electron chi connectivity index (χ1n) is 11.8. The molecule has 0 fully saturated rings. The lowest BCUT2D eigenvalue weighted by Gasteiger charge is -2.24. The van der Waals surface area contributed by atoms with Gasteiger partial charge in [0.25, 0.3) is 0 Å². The van der Waals surface area contributed by atoms with E-state index in [0.29, 0.717) is 85.8 Å². The summed E-state index contributed by atoms with van der Waals surface area (Å²) in [5.41, 5.74) is 0.658. The molecule has 0 N–H and O–H groups in total. The van der Waals surface area contributed by atoms with Crippen LogP contribution < -0.4 is 0 Å². The lowest BCUT2D eigenvalue weighted by atomic mass is 10.2. The van der Waals surface area contributed by atoms with Crippen molar-refractivity contribution in [1.29, 1.82) is 0 Å². The van der Waals surface area contributed by atoms with E-state index in [4.69, 9.17) is 33.2 Å². The zero-order valence-corrected chi connectivity index (χ0v) is 21.3. The summed E-state index contributed by atoms with van der Waals surface area (Å²) >= 11 is 0. The zero-order valence-electron chi connectivity index (χ0n) is 21.3. The Kier molecular flexibility index (Phi) is 17.4. The Balaban J connectivity index is 1.74. The molecule has 0 atom stereocenters. The molecule has 0 spiro atoms. The summed E-state index contributed by atoms with van der Waals surface area (Å²) in [5.74, 6) is 0. The molecular formula is C25H43NO8. The van der Waals surface area contributed by atoms with Crippen LogP contribution in [-0.4, -0.2) is 103 Å². The van der Waals surface area contributed by atoms with Crippen LogP contribution in [0.1, 0.15) is 26.3 Å². The lowest BCUT2D eigenvalue weighted by molar-refractivity contribution is -0.0187. The maximum Gasteiger partial charge on any atom is 0.410 e. The molecule has 0 aliphatic rings. The second-order valence-corrected chi connectivity index (χ2v) is 8.50. The second-order valence-electron chi connectivity index (χ2n) is 8.50. The summed E-state index contributed by atoms with van der Waals surface area (Å²) in [4.78, 5) is 13.3. The number of carbonyl (C=O) groups is 1. The van der Waals surface area contributed by atoms with E-state index >= 15 is 0 Å². The fourth-order valence-electron chi connectivity index (χ4n) is 2.50. The predicted octanol–water partition coefficient (Wildman–Crippen LogP) is 3.15. The normalized spacial score (nSPS) is 11.5. The van der Waals surface area contributed by atoms with Gasteiger partial charge in [-0.15, -0.1) is 0 Å². The van der Waals surface area contributed by atoms with Crippen molar-refractivity contribution in [2.45, 2.75) is 33.0 Å². The van der Waals surface area contributed by atoms with Gasteiger partial charge in [-0.05, 0) is 26.3 Å². The summed E-state index contributed by atoms with van der Waals surface area (Å²) in [5, 5.41) is 0. The summed E-state index contributed by atoms with van der Waals surface area (Å²) < 4.78 is 38.1. The minimum absolute atomic E-state index is 0.356. The minimum atomic E-state index is -0.499. The van der Waals surface area contributed by atoms with Gasteiger partial charge in [-0.3, -0.25) is 0 Å². The van der Waals surface area contributed by atoms with Gasteiger partial charge in [0.15, 0.2) is 0 Å². The second kappa shape index (κ2) is 19.5. The molecule has 0 aliphatic heterocycles. The van der Waals surface area contributed by atoms with Crippen molar-refractivity contribution in [3.8, 4) is 0 Å². The minimum Gasteiger partial charge on any atom is -0.444 e. The number of amides is 1. The summed E-state index contributed by atoms with van der Waals surface area (Å²) in [7, 11) is 1.69. The van der Waals surface area contributed by atoms with Crippen LogP contribution in [0.3, 0.4) is 0 Å². The number of carbonyl (C=O) groups excluding carboxylic acids is 1. The Morgan fingerprint density at radius 1 is 0.676 bits per heavy atom. The van der Waals surface area contributed by atoms with Crippen molar-refractivity contribution < 1.29 is 38.0 Å². The number of hydrogen-bond acceptors (Lipinski definition) is 8. The maximum absolute atomic E-state index is 11.8. The number of likely N-dealkylation sites (N-methyl/N-ethyl adjacent to an activating group) is 1. The van der Waals surface area contributed by atoms with Crippen LogP contribution in [0.2, 0.25) is 0 Å². The highest BCUT2D eigenvalue weighted by Crippen LogP contribution is 2.08. The molecule has 196 valence electrons. The molecule has 9 heteroatoms. The molecule has 0 heterocycles. The third kappa shape index (κ3) is 18.7. The van der Waals surface area contributed by atoms with E-state index in [2.05, 4.69) is 0 Å². The van der Waals surface area contributed by atoms with Crippen molar-refractivity contribution in [2.75, 3.05) is 86.3 Å². The average molecular weight is 486 g/mol. The summed E-state index contributed by atoms with van der Waals surface area (Å²) in [6.07, 6.45) is -0.356. The molecule has 0 radical (unpaired) electrons. The average Bonchev–Trinajstić information content (AvgIpc) is 2.80. The van der Waals surface area contributed by atoms with Gasteiger partial charge in [0.1, 0.15) is 5.60 Å². The molecule has 0 saturated heterocycles. The van der Waals surface area contributed by atoms with Crippen LogP contribution >= 0.6 is 0 Å². The van der Waals surface area contributed by atoms with Crippen molar-refractivity contribution in [1.82, 2.24) is 4.90 Å². The monoisotopic (exact) mass is 485 g/mol. The van der Waals surface area contributed by atoms with Gasteiger partial charge in [0, 0.05) is 13.6 Å². The molecule has 1 aromatic rings. The molecule has 1 aromatic carbocycles. The quantitative estimate of drug-likeness (QED) is 0.261. The third-order valence-electron chi connectivity index (χ3n) is 4.25. The molecule has 34 heavy (non-hydrogen) atoms. The molecule has 0 saturated carbocycles. The van der Waals surface area contributed by atoms with E-state index in [1.807, 2.05) is 51.1 Å². The van der Waals surface area contributed by atoms with Gasteiger partial charge in [0.05, 0.1) is 79.3 Å². The molecule has 0 unspecified atom stereocenters. The first-order chi connectivity index (χ1) is 16.4. The topological polar surface area (TPSA) is 84.9 Å². The van der Waals surface area contributed by atoms with Crippen LogP contribution in [0.5, 0.6) is 0 Å². The summed E-state index contributed by atoms with van der Waals surface area (Å²) in [6.45, 7) is 12.1. The number of benzene rings is 1. The van der Waals surface area contributed by atoms with E-state index in [-0.39, 0.29) is 6.09 Å². The largest absolute Gasteiger partial charge is 0.444 e. The van der Waals surface area contributed by atoms with Crippen LogP contribution in [0.4, 0.5) is 4.79 Å². The van der Waals surface area contributed by atoms with Crippen LogP contribution in [0, 0.1) is 0 Å². The van der Waals surface area contributed by atoms with Crippen LogP contribution in [0.25, 0.3) is 0 Å².